The fourth-order valence-electron chi connectivity index (χ4n) is 2.49. The van der Waals surface area contributed by atoms with Crippen LogP contribution in [0.15, 0.2) is 22.7 Å². The summed E-state index contributed by atoms with van der Waals surface area (Å²) in [5.41, 5.74) is 1.27. The molecule has 2 rings (SSSR count). The Bertz CT molecular complexity index is 419. The van der Waals surface area contributed by atoms with E-state index in [9.17, 15) is 0 Å². The van der Waals surface area contributed by atoms with E-state index in [1.165, 1.54) is 5.56 Å². The molecule has 1 heterocycles. The maximum atomic E-state index is 5.92. The topological polar surface area (TPSA) is 30.5 Å². The highest BCUT2D eigenvalue weighted by atomic mass is 79.9. The summed E-state index contributed by atoms with van der Waals surface area (Å²) in [6, 6.07) is 6.62. The molecule has 0 saturated carbocycles. The van der Waals surface area contributed by atoms with E-state index in [0.29, 0.717) is 12.0 Å². The molecule has 3 nitrogen and oxygen atoms in total. The van der Waals surface area contributed by atoms with E-state index < -0.39 is 0 Å². The monoisotopic (exact) mass is 341 g/mol. The van der Waals surface area contributed by atoms with Crippen LogP contribution in [-0.2, 0) is 4.74 Å². The number of ether oxygens (including phenoxy) is 2. The average Bonchev–Trinajstić information content (AvgIpc) is 2.46. The first-order valence-electron chi connectivity index (χ1n) is 7.44. The van der Waals surface area contributed by atoms with Crippen molar-refractivity contribution in [1.29, 1.82) is 0 Å². The second kappa shape index (κ2) is 8.01. The molecule has 1 aromatic carbocycles. The van der Waals surface area contributed by atoms with Gasteiger partial charge in [0.2, 0.25) is 0 Å². The Morgan fingerprint density at radius 3 is 2.80 bits per heavy atom. The van der Waals surface area contributed by atoms with E-state index in [1.807, 2.05) is 0 Å². The van der Waals surface area contributed by atoms with Gasteiger partial charge in [0.15, 0.2) is 0 Å². The summed E-state index contributed by atoms with van der Waals surface area (Å²) < 4.78 is 12.4. The molecular weight excluding hydrogens is 318 g/mol. The molecule has 1 aliphatic rings. The molecule has 1 fully saturated rings. The van der Waals surface area contributed by atoms with Crippen molar-refractivity contribution in [1.82, 2.24) is 5.32 Å². The van der Waals surface area contributed by atoms with Crippen LogP contribution in [0.25, 0.3) is 0 Å². The molecule has 1 aliphatic heterocycles. The SMILES string of the molecule is CCNC(C)c1ccc(OCC2CCOCC2)cc1Br. The van der Waals surface area contributed by atoms with Crippen LogP contribution >= 0.6 is 15.9 Å². The van der Waals surface area contributed by atoms with Gasteiger partial charge in [-0.25, -0.2) is 0 Å². The van der Waals surface area contributed by atoms with E-state index >= 15 is 0 Å². The third kappa shape index (κ3) is 4.47. The summed E-state index contributed by atoms with van der Waals surface area (Å²) in [5, 5.41) is 3.42. The fraction of sp³-hybridized carbons (Fsp3) is 0.625. The van der Waals surface area contributed by atoms with Gasteiger partial charge in [0.05, 0.1) is 6.61 Å². The van der Waals surface area contributed by atoms with Gasteiger partial charge in [-0.3, -0.25) is 0 Å². The first-order valence-corrected chi connectivity index (χ1v) is 8.23. The molecule has 1 unspecified atom stereocenters. The largest absolute Gasteiger partial charge is 0.493 e. The highest BCUT2D eigenvalue weighted by Crippen LogP contribution is 2.28. The van der Waals surface area contributed by atoms with Gasteiger partial charge in [-0.05, 0) is 49.9 Å². The Balaban J connectivity index is 1.91. The Kier molecular flexibility index (Phi) is 6.33. The molecule has 112 valence electrons. The molecule has 0 spiro atoms. The highest BCUT2D eigenvalue weighted by molar-refractivity contribution is 9.10. The maximum absolute atomic E-state index is 5.92. The lowest BCUT2D eigenvalue weighted by atomic mass is 10.0. The van der Waals surface area contributed by atoms with E-state index in [2.05, 4.69) is 53.3 Å². The van der Waals surface area contributed by atoms with E-state index in [4.69, 9.17) is 9.47 Å². The number of hydrogen-bond donors (Lipinski definition) is 1. The minimum atomic E-state index is 0.346. The second-order valence-corrected chi connectivity index (χ2v) is 6.18. The maximum Gasteiger partial charge on any atom is 0.120 e. The summed E-state index contributed by atoms with van der Waals surface area (Å²) in [4.78, 5) is 0. The number of nitrogens with one attached hydrogen (secondary N) is 1. The lowest BCUT2D eigenvalue weighted by molar-refractivity contribution is 0.0497. The fourth-order valence-corrected chi connectivity index (χ4v) is 3.19. The molecule has 20 heavy (non-hydrogen) atoms. The van der Waals surface area contributed by atoms with E-state index in [0.717, 1.165) is 49.4 Å². The first-order chi connectivity index (χ1) is 9.70. The Hall–Kier alpha value is -0.580. The van der Waals surface area contributed by atoms with Gasteiger partial charge in [0.25, 0.3) is 0 Å². The van der Waals surface area contributed by atoms with Crippen molar-refractivity contribution in [3.8, 4) is 5.75 Å². The molecule has 1 N–H and O–H groups in total. The van der Waals surface area contributed by atoms with Gasteiger partial charge < -0.3 is 14.8 Å². The Morgan fingerprint density at radius 1 is 1.40 bits per heavy atom. The summed E-state index contributed by atoms with van der Waals surface area (Å²) in [6.07, 6.45) is 2.22. The van der Waals surface area contributed by atoms with E-state index in [1.54, 1.807) is 0 Å². The summed E-state index contributed by atoms with van der Waals surface area (Å²) in [6.45, 7) is 7.79. The molecule has 0 radical (unpaired) electrons. The third-order valence-corrected chi connectivity index (χ3v) is 4.46. The summed E-state index contributed by atoms with van der Waals surface area (Å²) in [7, 11) is 0. The van der Waals surface area contributed by atoms with Gasteiger partial charge in [0, 0.05) is 23.7 Å². The van der Waals surface area contributed by atoms with Crippen molar-refractivity contribution in [2.45, 2.75) is 32.7 Å². The van der Waals surface area contributed by atoms with Gasteiger partial charge >= 0.3 is 0 Å². The molecule has 0 amide bonds. The predicted molar refractivity (Wildman–Crippen MR) is 85.3 cm³/mol. The Labute approximate surface area is 130 Å². The van der Waals surface area contributed by atoms with Gasteiger partial charge in [-0.2, -0.15) is 0 Å². The Morgan fingerprint density at radius 2 is 2.15 bits per heavy atom. The van der Waals surface area contributed by atoms with Gasteiger partial charge in [0.1, 0.15) is 5.75 Å². The zero-order valence-electron chi connectivity index (χ0n) is 12.3. The van der Waals surface area contributed by atoms with Crippen LogP contribution in [0.5, 0.6) is 5.75 Å². The van der Waals surface area contributed by atoms with Crippen LogP contribution in [0.3, 0.4) is 0 Å². The highest BCUT2D eigenvalue weighted by Gasteiger charge is 2.15. The molecule has 1 aromatic rings. The molecule has 0 bridgehead atoms. The number of hydrogen-bond acceptors (Lipinski definition) is 3. The molecule has 0 aromatic heterocycles. The van der Waals surface area contributed by atoms with Crippen LogP contribution < -0.4 is 10.1 Å². The lowest BCUT2D eigenvalue weighted by Gasteiger charge is -2.22. The summed E-state index contributed by atoms with van der Waals surface area (Å²) in [5.74, 6) is 1.57. The zero-order valence-corrected chi connectivity index (χ0v) is 13.9. The van der Waals surface area contributed by atoms with Crippen LogP contribution in [0.1, 0.15) is 38.3 Å². The van der Waals surface area contributed by atoms with Gasteiger partial charge in [-0.15, -0.1) is 0 Å². The van der Waals surface area contributed by atoms with Crippen molar-refractivity contribution >= 4 is 15.9 Å². The third-order valence-electron chi connectivity index (χ3n) is 3.78. The summed E-state index contributed by atoms with van der Waals surface area (Å²) >= 11 is 3.64. The van der Waals surface area contributed by atoms with E-state index in [-0.39, 0.29) is 0 Å². The van der Waals surface area contributed by atoms with Crippen LogP contribution in [0.4, 0.5) is 0 Å². The zero-order chi connectivity index (χ0) is 14.4. The minimum Gasteiger partial charge on any atom is -0.493 e. The van der Waals surface area contributed by atoms with Gasteiger partial charge in [-0.1, -0.05) is 28.9 Å². The van der Waals surface area contributed by atoms with Crippen molar-refractivity contribution in [2.24, 2.45) is 5.92 Å². The predicted octanol–water partition coefficient (Wildman–Crippen LogP) is 3.93. The second-order valence-electron chi connectivity index (χ2n) is 5.33. The lowest BCUT2D eigenvalue weighted by Crippen LogP contribution is -2.21. The minimum absolute atomic E-state index is 0.346. The normalized spacial score (nSPS) is 17.9. The standard InChI is InChI=1S/C16H24BrNO2/c1-3-18-12(2)15-5-4-14(10-16(15)17)20-11-13-6-8-19-9-7-13/h4-5,10,12-13,18H,3,6-9,11H2,1-2H3. The molecule has 4 heteroatoms. The number of rotatable bonds is 6. The van der Waals surface area contributed by atoms with Crippen LogP contribution in [0.2, 0.25) is 0 Å². The molecular formula is C16H24BrNO2. The van der Waals surface area contributed by atoms with Crippen molar-refractivity contribution < 1.29 is 9.47 Å². The van der Waals surface area contributed by atoms with Crippen molar-refractivity contribution in [2.75, 3.05) is 26.4 Å². The molecule has 1 atom stereocenters. The number of halogens is 1. The first kappa shape index (κ1) is 15.8. The van der Waals surface area contributed by atoms with Crippen molar-refractivity contribution in [3.05, 3.63) is 28.2 Å². The van der Waals surface area contributed by atoms with Crippen LogP contribution in [0, 0.1) is 5.92 Å². The quantitative estimate of drug-likeness (QED) is 0.850. The average molecular weight is 342 g/mol. The van der Waals surface area contributed by atoms with Crippen molar-refractivity contribution in [3.63, 3.8) is 0 Å². The molecule has 0 aliphatic carbocycles. The number of benzene rings is 1. The molecule has 1 saturated heterocycles. The van der Waals surface area contributed by atoms with Crippen LogP contribution in [-0.4, -0.2) is 26.4 Å². The smallest absolute Gasteiger partial charge is 0.120 e.